The number of halogens is 6. The minimum absolute atomic E-state index is 0.231. The molecular weight excluding hydrogens is 480 g/mol. The number of hydrogen-bond donors (Lipinski definition) is 3. The summed E-state index contributed by atoms with van der Waals surface area (Å²) in [5.74, 6) is -7.77. The molecule has 178 valence electrons. The Labute approximate surface area is 183 Å². The lowest BCUT2D eigenvalue weighted by molar-refractivity contribution is -0.138. The van der Waals surface area contributed by atoms with E-state index in [1.807, 2.05) is 5.32 Å². The molecule has 2 heterocycles. The van der Waals surface area contributed by atoms with Gasteiger partial charge in [-0.2, -0.15) is 13.2 Å². The van der Waals surface area contributed by atoms with Crippen LogP contribution in [0.5, 0.6) is 0 Å². The Morgan fingerprint density at radius 3 is 2.42 bits per heavy atom. The molecule has 0 radical (unpaired) electrons. The topological polar surface area (TPSA) is 115 Å². The first-order valence-corrected chi connectivity index (χ1v) is 10.5. The molecule has 0 bridgehead atoms. The third-order valence-electron chi connectivity index (χ3n) is 4.91. The molecule has 0 unspecified atom stereocenters. The van der Waals surface area contributed by atoms with Crippen molar-refractivity contribution in [2.24, 2.45) is 0 Å². The van der Waals surface area contributed by atoms with E-state index in [0.717, 1.165) is 20.0 Å². The van der Waals surface area contributed by atoms with Crippen molar-refractivity contribution in [1.29, 1.82) is 5.41 Å². The zero-order valence-electron chi connectivity index (χ0n) is 16.8. The number of amides is 1. The Morgan fingerprint density at radius 1 is 1.21 bits per heavy atom. The first kappa shape index (κ1) is 24.3. The van der Waals surface area contributed by atoms with E-state index in [1.165, 1.54) is 0 Å². The zero-order chi connectivity index (χ0) is 24.9. The summed E-state index contributed by atoms with van der Waals surface area (Å²) < 4.78 is 108. The fourth-order valence-electron chi connectivity index (χ4n) is 3.26. The number of benzene rings is 1. The highest BCUT2D eigenvalue weighted by Crippen LogP contribution is 2.35. The minimum atomic E-state index is -5.14. The molecular formula is C18H15F6N5O3S. The molecule has 0 spiro atoms. The Kier molecular flexibility index (Phi) is 5.81. The van der Waals surface area contributed by atoms with Gasteiger partial charge in [-0.3, -0.25) is 15.2 Å². The lowest BCUT2D eigenvalue weighted by Gasteiger charge is -2.40. The first-order chi connectivity index (χ1) is 15.1. The van der Waals surface area contributed by atoms with Crippen LogP contribution >= 0.6 is 0 Å². The van der Waals surface area contributed by atoms with Gasteiger partial charge in [0.25, 0.3) is 5.91 Å². The van der Waals surface area contributed by atoms with E-state index in [1.54, 1.807) is 0 Å². The van der Waals surface area contributed by atoms with Crippen LogP contribution in [0.2, 0.25) is 0 Å². The second kappa shape index (κ2) is 7.90. The lowest BCUT2D eigenvalue weighted by atomic mass is 9.92. The van der Waals surface area contributed by atoms with E-state index in [2.05, 4.69) is 10.3 Å². The molecule has 1 saturated heterocycles. The van der Waals surface area contributed by atoms with E-state index in [4.69, 9.17) is 5.41 Å². The molecule has 1 atom stereocenters. The van der Waals surface area contributed by atoms with E-state index in [-0.39, 0.29) is 6.20 Å². The molecule has 33 heavy (non-hydrogen) atoms. The van der Waals surface area contributed by atoms with Crippen molar-refractivity contribution in [3.05, 3.63) is 58.7 Å². The number of nitrogens with one attached hydrogen (secondary N) is 3. The van der Waals surface area contributed by atoms with E-state index in [0.29, 0.717) is 16.6 Å². The molecule has 0 saturated carbocycles. The molecule has 3 N–H and O–H groups in total. The van der Waals surface area contributed by atoms with Crippen LogP contribution in [0.3, 0.4) is 0 Å². The monoisotopic (exact) mass is 495 g/mol. The first-order valence-electron chi connectivity index (χ1n) is 8.92. The van der Waals surface area contributed by atoms with Gasteiger partial charge in [0.1, 0.15) is 0 Å². The number of alkyl halides is 3. The number of anilines is 1. The fourth-order valence-corrected chi connectivity index (χ4v) is 4.73. The third kappa shape index (κ3) is 4.44. The van der Waals surface area contributed by atoms with Crippen LogP contribution in [-0.4, -0.2) is 42.4 Å². The van der Waals surface area contributed by atoms with Gasteiger partial charge in [-0.25, -0.2) is 25.9 Å². The van der Waals surface area contributed by atoms with Gasteiger partial charge in [-0.1, -0.05) is 0 Å². The highest BCUT2D eigenvalue weighted by atomic mass is 32.2. The van der Waals surface area contributed by atoms with Crippen LogP contribution in [0.25, 0.3) is 0 Å². The van der Waals surface area contributed by atoms with Gasteiger partial charge in [-0.15, -0.1) is 0 Å². The molecule has 1 aromatic heterocycles. The minimum Gasteiger partial charge on any atom is -0.345 e. The number of rotatable bonds is 3. The van der Waals surface area contributed by atoms with Gasteiger partial charge in [0.15, 0.2) is 17.5 Å². The highest BCUT2D eigenvalue weighted by Gasteiger charge is 2.44. The molecule has 3 rings (SSSR count). The molecule has 0 aliphatic carbocycles. The largest absolute Gasteiger partial charge is 0.418 e. The lowest BCUT2D eigenvalue weighted by Crippen LogP contribution is -2.61. The zero-order valence-corrected chi connectivity index (χ0v) is 17.6. The van der Waals surface area contributed by atoms with Gasteiger partial charge in [0, 0.05) is 30.6 Å². The van der Waals surface area contributed by atoms with E-state index in [9.17, 15) is 39.6 Å². The number of nitrogens with zero attached hydrogens (tertiary/aromatic N) is 2. The van der Waals surface area contributed by atoms with Crippen molar-refractivity contribution in [3.63, 3.8) is 0 Å². The van der Waals surface area contributed by atoms with Crippen LogP contribution in [0.4, 0.5) is 32.0 Å². The van der Waals surface area contributed by atoms with Crippen LogP contribution in [0.1, 0.15) is 28.4 Å². The van der Waals surface area contributed by atoms with Gasteiger partial charge in [-0.05, 0) is 13.0 Å². The fraction of sp³-hybridized carbons (Fsp3) is 0.278. The molecule has 8 nitrogen and oxygen atoms in total. The highest BCUT2D eigenvalue weighted by molar-refractivity contribution is 7.89. The molecule has 1 fully saturated rings. The molecule has 1 aromatic carbocycles. The third-order valence-corrected chi connectivity index (χ3v) is 6.87. The Bertz CT molecular complexity index is 1270. The second-order valence-corrected chi connectivity index (χ2v) is 9.35. The van der Waals surface area contributed by atoms with Gasteiger partial charge >= 0.3 is 6.18 Å². The quantitative estimate of drug-likeness (QED) is 0.567. The maximum absolute atomic E-state index is 14.6. The molecule has 2 aromatic rings. The average molecular weight is 495 g/mol. The normalized spacial score (nSPS) is 20.4. The maximum Gasteiger partial charge on any atom is 0.418 e. The summed E-state index contributed by atoms with van der Waals surface area (Å²) in [6, 6.07) is 1.21. The number of hydrogen-bond acceptors (Lipinski definition) is 5. The number of guanidine groups is 1. The average Bonchev–Trinajstić information content (AvgIpc) is 2.67. The van der Waals surface area contributed by atoms with Crippen molar-refractivity contribution in [3.8, 4) is 0 Å². The summed E-state index contributed by atoms with van der Waals surface area (Å²) in [6.45, 7) is 1.15. The molecule has 1 aliphatic heterocycles. The summed E-state index contributed by atoms with van der Waals surface area (Å²) in [7, 11) is -3.05. The van der Waals surface area contributed by atoms with Crippen molar-refractivity contribution < 1.29 is 39.6 Å². The van der Waals surface area contributed by atoms with E-state index < -0.39 is 79.2 Å². The van der Waals surface area contributed by atoms with Crippen LogP contribution in [0.15, 0.2) is 24.5 Å². The Balaban J connectivity index is 2.06. The van der Waals surface area contributed by atoms with Crippen LogP contribution in [0, 0.1) is 22.9 Å². The number of carbonyl (C=O) groups is 1. The summed E-state index contributed by atoms with van der Waals surface area (Å²) in [5, 5.41) is 12.0. The summed E-state index contributed by atoms with van der Waals surface area (Å²) in [4.78, 5) is 15.5. The maximum atomic E-state index is 14.6. The number of carbonyl (C=O) groups excluding carboxylic acids is 1. The van der Waals surface area contributed by atoms with E-state index >= 15 is 0 Å². The Hall–Kier alpha value is -3.36. The number of sulfonamides is 1. The van der Waals surface area contributed by atoms with Gasteiger partial charge in [0.05, 0.1) is 28.6 Å². The smallest absolute Gasteiger partial charge is 0.345 e. The Morgan fingerprint density at radius 2 is 1.85 bits per heavy atom. The van der Waals surface area contributed by atoms with Crippen LogP contribution < -0.4 is 10.6 Å². The summed E-state index contributed by atoms with van der Waals surface area (Å²) >= 11 is 0. The van der Waals surface area contributed by atoms with Crippen molar-refractivity contribution in [2.45, 2.75) is 18.6 Å². The molecule has 15 heteroatoms. The van der Waals surface area contributed by atoms with Crippen molar-refractivity contribution in [1.82, 2.24) is 14.6 Å². The van der Waals surface area contributed by atoms with Crippen LogP contribution in [-0.2, 0) is 21.7 Å². The predicted octanol–water partition coefficient (Wildman–Crippen LogP) is 2.78. The molecule has 1 aliphatic rings. The van der Waals surface area contributed by atoms with Crippen molar-refractivity contribution >= 4 is 27.6 Å². The second-order valence-electron chi connectivity index (χ2n) is 7.34. The standard InChI is InChI=1S/C18H15F6N5O3S/c1-17(7-33(31,32)29(2)16(25)28-17)9-3-8(4-11(19)14(9)21)27-15(30)13-10(18(22,23)24)5-26-6-12(13)20/h3-6H,7H2,1-2H3,(H2,25,28)(H,27,30)/t17-/m0/s1. The summed E-state index contributed by atoms with van der Waals surface area (Å²) in [6.07, 6.45) is -4.53. The number of aromatic nitrogens is 1. The van der Waals surface area contributed by atoms with Gasteiger partial charge < -0.3 is 10.6 Å². The van der Waals surface area contributed by atoms with Crippen molar-refractivity contribution in [2.75, 3.05) is 18.1 Å². The predicted molar refractivity (Wildman–Crippen MR) is 103 cm³/mol. The van der Waals surface area contributed by atoms with Gasteiger partial charge in [0.2, 0.25) is 16.0 Å². The SMILES string of the molecule is CN1C(=N)N[C@](C)(c2cc(NC(=O)c3c(F)cncc3C(F)(F)F)cc(F)c2F)CS1(=O)=O. The number of pyridine rings is 1. The summed E-state index contributed by atoms with van der Waals surface area (Å²) in [5.41, 5.74) is -6.20. The molecule has 1 amide bonds.